The SMILES string of the molecule is NC[C@H]1CCC[C@H]1C(=O)Nc1ccnn1Cc1ccc(Cl)cc1Cl. The number of anilines is 1. The van der Waals surface area contributed by atoms with Crippen molar-refractivity contribution in [3.8, 4) is 0 Å². The number of rotatable bonds is 5. The predicted molar refractivity (Wildman–Crippen MR) is 96.3 cm³/mol. The molecule has 0 saturated heterocycles. The van der Waals surface area contributed by atoms with E-state index < -0.39 is 0 Å². The van der Waals surface area contributed by atoms with Crippen molar-refractivity contribution >= 4 is 34.9 Å². The predicted octanol–water partition coefficient (Wildman–Crippen LogP) is 3.55. The minimum Gasteiger partial charge on any atom is -0.330 e. The van der Waals surface area contributed by atoms with Crippen molar-refractivity contribution in [1.82, 2.24) is 9.78 Å². The minimum absolute atomic E-state index is 0.0162. The van der Waals surface area contributed by atoms with Crippen LogP contribution in [0.5, 0.6) is 0 Å². The standard InChI is InChI=1S/C17H20Cl2N4O/c18-13-5-4-12(15(19)8-13)10-23-16(6-7-21-23)22-17(24)14-3-1-2-11(14)9-20/h4-8,11,14H,1-3,9-10,20H2,(H,22,24)/t11-,14-/m1/s1. The molecule has 1 heterocycles. The molecule has 1 aliphatic rings. The van der Waals surface area contributed by atoms with Gasteiger partial charge in [0.25, 0.3) is 0 Å². The van der Waals surface area contributed by atoms with E-state index in [2.05, 4.69) is 10.4 Å². The van der Waals surface area contributed by atoms with Crippen molar-refractivity contribution < 1.29 is 4.79 Å². The summed E-state index contributed by atoms with van der Waals surface area (Å²) in [5.41, 5.74) is 6.66. The Kier molecular flexibility index (Phi) is 5.43. The zero-order valence-electron chi connectivity index (χ0n) is 13.2. The second-order valence-corrected chi connectivity index (χ2v) is 6.98. The van der Waals surface area contributed by atoms with E-state index in [0.29, 0.717) is 29.0 Å². The van der Waals surface area contributed by atoms with Crippen LogP contribution in [-0.2, 0) is 11.3 Å². The van der Waals surface area contributed by atoms with Gasteiger partial charge in [0.2, 0.25) is 5.91 Å². The highest BCUT2D eigenvalue weighted by molar-refractivity contribution is 6.35. The van der Waals surface area contributed by atoms with Gasteiger partial charge in [-0.1, -0.05) is 35.7 Å². The van der Waals surface area contributed by atoms with E-state index >= 15 is 0 Å². The Morgan fingerprint density at radius 3 is 2.92 bits per heavy atom. The van der Waals surface area contributed by atoms with Crippen LogP contribution in [0.4, 0.5) is 5.82 Å². The highest BCUT2D eigenvalue weighted by atomic mass is 35.5. The first-order chi connectivity index (χ1) is 11.6. The van der Waals surface area contributed by atoms with Crippen molar-refractivity contribution in [3.05, 3.63) is 46.1 Å². The van der Waals surface area contributed by atoms with Crippen LogP contribution < -0.4 is 11.1 Å². The quantitative estimate of drug-likeness (QED) is 0.849. The molecule has 7 heteroatoms. The Hall–Kier alpha value is -1.56. The van der Waals surface area contributed by atoms with Crippen LogP contribution in [0, 0.1) is 11.8 Å². The van der Waals surface area contributed by atoms with Crippen LogP contribution in [0.15, 0.2) is 30.5 Å². The summed E-state index contributed by atoms with van der Waals surface area (Å²) in [4.78, 5) is 12.5. The molecule has 0 unspecified atom stereocenters. The number of benzene rings is 1. The minimum atomic E-state index is -0.0162. The van der Waals surface area contributed by atoms with Crippen LogP contribution in [0.25, 0.3) is 0 Å². The fraction of sp³-hybridized carbons (Fsp3) is 0.412. The number of carbonyl (C=O) groups is 1. The normalized spacial score (nSPS) is 20.3. The summed E-state index contributed by atoms with van der Waals surface area (Å²) >= 11 is 12.1. The molecular formula is C17H20Cl2N4O. The summed E-state index contributed by atoms with van der Waals surface area (Å²) in [7, 11) is 0. The van der Waals surface area contributed by atoms with Gasteiger partial charge in [0, 0.05) is 22.0 Å². The lowest BCUT2D eigenvalue weighted by Crippen LogP contribution is -2.30. The van der Waals surface area contributed by atoms with Gasteiger partial charge < -0.3 is 11.1 Å². The van der Waals surface area contributed by atoms with E-state index in [1.54, 1.807) is 29.1 Å². The molecule has 2 atom stereocenters. The summed E-state index contributed by atoms with van der Waals surface area (Å²) in [6.07, 6.45) is 4.63. The first-order valence-corrected chi connectivity index (χ1v) is 8.80. The highest BCUT2D eigenvalue weighted by Crippen LogP contribution is 2.32. The fourth-order valence-electron chi connectivity index (χ4n) is 3.26. The Balaban J connectivity index is 1.72. The number of halogens is 2. The lowest BCUT2D eigenvalue weighted by atomic mass is 9.95. The number of nitrogens with two attached hydrogens (primary N) is 1. The maximum Gasteiger partial charge on any atom is 0.228 e. The van der Waals surface area contributed by atoms with E-state index in [0.717, 1.165) is 24.8 Å². The number of nitrogens with one attached hydrogen (secondary N) is 1. The summed E-state index contributed by atoms with van der Waals surface area (Å²) < 4.78 is 1.72. The van der Waals surface area contributed by atoms with E-state index in [1.807, 2.05) is 6.07 Å². The molecule has 1 aromatic carbocycles. The summed E-state index contributed by atoms with van der Waals surface area (Å²) in [6.45, 7) is 1.02. The molecule has 1 amide bonds. The summed E-state index contributed by atoms with van der Waals surface area (Å²) in [5, 5.41) is 8.43. The molecule has 1 saturated carbocycles. The van der Waals surface area contributed by atoms with Gasteiger partial charge in [0.15, 0.2) is 0 Å². The highest BCUT2D eigenvalue weighted by Gasteiger charge is 2.32. The number of nitrogens with zero attached hydrogens (tertiary/aromatic N) is 2. The third-order valence-corrected chi connectivity index (χ3v) is 5.19. The molecule has 128 valence electrons. The average molecular weight is 367 g/mol. The molecule has 0 spiro atoms. The van der Waals surface area contributed by atoms with Crippen LogP contribution in [0.2, 0.25) is 10.0 Å². The van der Waals surface area contributed by atoms with Crippen molar-refractivity contribution in [2.75, 3.05) is 11.9 Å². The van der Waals surface area contributed by atoms with Gasteiger partial charge in [-0.05, 0) is 43.0 Å². The largest absolute Gasteiger partial charge is 0.330 e. The van der Waals surface area contributed by atoms with Crippen molar-refractivity contribution in [3.63, 3.8) is 0 Å². The monoisotopic (exact) mass is 366 g/mol. The van der Waals surface area contributed by atoms with Crippen molar-refractivity contribution in [1.29, 1.82) is 0 Å². The van der Waals surface area contributed by atoms with E-state index in [1.165, 1.54) is 0 Å². The van der Waals surface area contributed by atoms with Gasteiger partial charge in [0.1, 0.15) is 5.82 Å². The van der Waals surface area contributed by atoms with Gasteiger partial charge in [0.05, 0.1) is 12.7 Å². The van der Waals surface area contributed by atoms with Crippen molar-refractivity contribution in [2.24, 2.45) is 17.6 Å². The summed E-state index contributed by atoms with van der Waals surface area (Å²) in [6, 6.07) is 7.13. The molecule has 1 fully saturated rings. The van der Waals surface area contributed by atoms with E-state index in [-0.39, 0.29) is 17.7 Å². The number of carbonyl (C=O) groups excluding carboxylic acids is 1. The van der Waals surface area contributed by atoms with Crippen LogP contribution >= 0.6 is 23.2 Å². The molecule has 0 bridgehead atoms. The van der Waals surface area contributed by atoms with Crippen LogP contribution in [0.3, 0.4) is 0 Å². The Bertz CT molecular complexity index is 731. The zero-order valence-corrected chi connectivity index (χ0v) is 14.7. The Morgan fingerprint density at radius 2 is 2.17 bits per heavy atom. The summed E-state index contributed by atoms with van der Waals surface area (Å²) in [5.74, 6) is 0.935. The first kappa shape index (κ1) is 17.3. The smallest absolute Gasteiger partial charge is 0.228 e. The third kappa shape index (κ3) is 3.74. The van der Waals surface area contributed by atoms with E-state index in [4.69, 9.17) is 28.9 Å². The molecule has 1 aliphatic carbocycles. The number of hydrogen-bond donors (Lipinski definition) is 2. The lowest BCUT2D eigenvalue weighted by Gasteiger charge is -2.18. The van der Waals surface area contributed by atoms with Gasteiger partial charge in [-0.3, -0.25) is 4.79 Å². The molecule has 24 heavy (non-hydrogen) atoms. The fourth-order valence-corrected chi connectivity index (χ4v) is 3.73. The van der Waals surface area contributed by atoms with Gasteiger partial charge in [-0.25, -0.2) is 4.68 Å². The maximum atomic E-state index is 12.5. The van der Waals surface area contributed by atoms with Crippen LogP contribution in [-0.4, -0.2) is 22.2 Å². The molecule has 0 radical (unpaired) electrons. The number of hydrogen-bond acceptors (Lipinski definition) is 3. The van der Waals surface area contributed by atoms with Crippen molar-refractivity contribution in [2.45, 2.75) is 25.8 Å². The van der Waals surface area contributed by atoms with Crippen LogP contribution in [0.1, 0.15) is 24.8 Å². The number of aromatic nitrogens is 2. The maximum absolute atomic E-state index is 12.5. The topological polar surface area (TPSA) is 72.9 Å². The van der Waals surface area contributed by atoms with Gasteiger partial charge in [-0.2, -0.15) is 5.10 Å². The number of amides is 1. The average Bonchev–Trinajstić information content (AvgIpc) is 3.19. The second kappa shape index (κ2) is 7.55. The Morgan fingerprint density at radius 1 is 1.33 bits per heavy atom. The second-order valence-electron chi connectivity index (χ2n) is 6.13. The molecule has 3 N–H and O–H groups in total. The lowest BCUT2D eigenvalue weighted by molar-refractivity contribution is -0.120. The molecule has 2 aromatic rings. The molecular weight excluding hydrogens is 347 g/mol. The first-order valence-electron chi connectivity index (χ1n) is 8.05. The molecule has 1 aromatic heterocycles. The van der Waals surface area contributed by atoms with E-state index in [9.17, 15) is 4.79 Å². The third-order valence-electron chi connectivity index (χ3n) is 4.60. The zero-order chi connectivity index (χ0) is 17.1. The van der Waals surface area contributed by atoms with Gasteiger partial charge in [-0.15, -0.1) is 0 Å². The Labute approximate surface area is 151 Å². The molecule has 0 aliphatic heterocycles. The van der Waals surface area contributed by atoms with Gasteiger partial charge >= 0.3 is 0 Å². The molecule has 3 rings (SSSR count). The molecule has 5 nitrogen and oxygen atoms in total.